The lowest BCUT2D eigenvalue weighted by Crippen LogP contribution is -2.42. The van der Waals surface area contributed by atoms with Crippen molar-refractivity contribution in [3.05, 3.63) is 71.8 Å². The van der Waals surface area contributed by atoms with Crippen molar-refractivity contribution in [1.82, 2.24) is 10.3 Å². The molecule has 0 radical (unpaired) electrons. The highest BCUT2D eigenvalue weighted by Gasteiger charge is 2.31. The van der Waals surface area contributed by atoms with Gasteiger partial charge in [0.1, 0.15) is 4.90 Å². The highest BCUT2D eigenvalue weighted by molar-refractivity contribution is 7.90. The van der Waals surface area contributed by atoms with Crippen LogP contribution in [0.25, 0.3) is 6.08 Å². The molecule has 0 saturated carbocycles. The van der Waals surface area contributed by atoms with E-state index in [1.54, 1.807) is 30.5 Å². The van der Waals surface area contributed by atoms with Crippen LogP contribution in [0.2, 0.25) is 0 Å². The molecule has 31 heavy (non-hydrogen) atoms. The third kappa shape index (κ3) is 6.11. The number of nitrogens with zero attached hydrogens (tertiary/aromatic N) is 3. The molecule has 8 heteroatoms. The maximum Gasteiger partial charge on any atom is 0.285 e. The van der Waals surface area contributed by atoms with Crippen molar-refractivity contribution in [3.63, 3.8) is 0 Å². The van der Waals surface area contributed by atoms with Crippen LogP contribution in [0.3, 0.4) is 0 Å². The van der Waals surface area contributed by atoms with Crippen LogP contribution in [0.4, 0.5) is 0 Å². The van der Waals surface area contributed by atoms with Crippen LogP contribution >= 0.6 is 0 Å². The molecule has 0 bridgehead atoms. The number of nitrogens with one attached hydrogen (secondary N) is 1. The second-order valence-electron chi connectivity index (χ2n) is 8.09. The standard InChI is InChI=1S/C23H26N4O3S/c1-23(2,3)25-21(28)15-17-27(24-16-9-12-18-10-5-4-6-11-18)22-19-13-7-8-14-20(19)31(29,30)26-22/h4-14,16H,15,17H2,1-3H3,(H,25,28)/b12-9+,24-16-. The zero-order chi connectivity index (χ0) is 22.5. The van der Waals surface area contributed by atoms with Crippen molar-refractivity contribution >= 4 is 34.1 Å². The number of fused-ring (bicyclic) bond motifs is 1. The first-order valence-electron chi connectivity index (χ1n) is 9.94. The number of hydrazone groups is 1. The molecular formula is C23H26N4O3S. The molecule has 1 aliphatic rings. The molecule has 2 aromatic carbocycles. The average Bonchev–Trinajstić information content (AvgIpc) is 2.98. The van der Waals surface area contributed by atoms with Gasteiger partial charge in [-0.05, 0) is 44.5 Å². The summed E-state index contributed by atoms with van der Waals surface area (Å²) in [5.74, 6) is 0.0609. The van der Waals surface area contributed by atoms with Gasteiger partial charge in [0.25, 0.3) is 10.0 Å². The zero-order valence-corrected chi connectivity index (χ0v) is 18.6. The van der Waals surface area contributed by atoms with Gasteiger partial charge in [-0.25, -0.2) is 5.01 Å². The third-order valence-corrected chi connectivity index (χ3v) is 5.63. The summed E-state index contributed by atoms with van der Waals surface area (Å²) in [5.41, 5.74) is 1.13. The van der Waals surface area contributed by atoms with E-state index in [9.17, 15) is 13.2 Å². The molecule has 0 saturated heterocycles. The number of hydrogen-bond donors (Lipinski definition) is 1. The van der Waals surface area contributed by atoms with Crippen LogP contribution in [-0.2, 0) is 14.8 Å². The van der Waals surface area contributed by atoms with Crippen molar-refractivity contribution in [2.45, 2.75) is 37.6 Å². The molecule has 7 nitrogen and oxygen atoms in total. The number of carbonyl (C=O) groups excluding carboxylic acids is 1. The maximum atomic E-state index is 12.4. The van der Waals surface area contributed by atoms with Crippen molar-refractivity contribution in [2.75, 3.05) is 6.54 Å². The fourth-order valence-electron chi connectivity index (χ4n) is 3.02. The SMILES string of the molecule is CC(C)(C)NC(=O)CCN(/N=C\C=C\c1ccccc1)C1=NS(=O)(=O)c2ccccc21. The van der Waals surface area contributed by atoms with E-state index >= 15 is 0 Å². The van der Waals surface area contributed by atoms with Crippen molar-refractivity contribution < 1.29 is 13.2 Å². The molecule has 0 spiro atoms. The number of amidine groups is 1. The predicted octanol–water partition coefficient (Wildman–Crippen LogP) is 3.44. The lowest BCUT2D eigenvalue weighted by Gasteiger charge is -2.22. The first kappa shape index (κ1) is 22.4. The molecule has 162 valence electrons. The molecule has 0 aromatic heterocycles. The van der Waals surface area contributed by atoms with E-state index in [4.69, 9.17) is 0 Å². The number of hydrogen-bond acceptors (Lipinski definition) is 5. The highest BCUT2D eigenvalue weighted by Crippen LogP contribution is 2.27. The van der Waals surface area contributed by atoms with Gasteiger partial charge in [-0.1, -0.05) is 48.5 Å². The highest BCUT2D eigenvalue weighted by atomic mass is 32.2. The van der Waals surface area contributed by atoms with Crippen LogP contribution in [0.15, 0.2) is 75.1 Å². The predicted molar refractivity (Wildman–Crippen MR) is 123 cm³/mol. The lowest BCUT2D eigenvalue weighted by atomic mass is 10.1. The average molecular weight is 439 g/mol. The Balaban J connectivity index is 1.84. The molecule has 2 aromatic rings. The molecule has 1 amide bonds. The number of benzene rings is 2. The van der Waals surface area contributed by atoms with Crippen LogP contribution in [0.5, 0.6) is 0 Å². The van der Waals surface area contributed by atoms with Crippen LogP contribution in [-0.4, -0.2) is 43.5 Å². The number of rotatable bonds is 6. The Morgan fingerprint density at radius 3 is 2.48 bits per heavy atom. The first-order valence-corrected chi connectivity index (χ1v) is 11.4. The molecule has 1 aliphatic heterocycles. The quantitative estimate of drug-likeness (QED) is 0.552. The molecule has 0 unspecified atom stereocenters. The molecule has 1 heterocycles. The molecule has 3 rings (SSSR count). The summed E-state index contributed by atoms with van der Waals surface area (Å²) in [6.07, 6.45) is 5.34. The Bertz CT molecular complexity index is 1130. The summed E-state index contributed by atoms with van der Waals surface area (Å²) < 4.78 is 28.8. The number of carbonyl (C=O) groups is 1. The van der Waals surface area contributed by atoms with Gasteiger partial charge in [0.05, 0.1) is 6.54 Å². The van der Waals surface area contributed by atoms with Gasteiger partial charge in [-0.15, -0.1) is 4.40 Å². The minimum absolute atomic E-state index is 0.137. The molecule has 0 atom stereocenters. The number of sulfonamides is 1. The molecular weight excluding hydrogens is 412 g/mol. The Kier molecular flexibility index (Phi) is 6.70. The largest absolute Gasteiger partial charge is 0.351 e. The minimum atomic E-state index is -3.79. The minimum Gasteiger partial charge on any atom is -0.351 e. The van der Waals surface area contributed by atoms with E-state index in [1.807, 2.05) is 57.2 Å². The topological polar surface area (TPSA) is 91.2 Å². The fourth-order valence-corrected chi connectivity index (χ4v) is 4.22. The lowest BCUT2D eigenvalue weighted by molar-refractivity contribution is -0.122. The van der Waals surface area contributed by atoms with E-state index in [1.165, 1.54) is 11.1 Å². The van der Waals surface area contributed by atoms with Crippen LogP contribution in [0, 0.1) is 0 Å². The van der Waals surface area contributed by atoms with Gasteiger partial charge in [-0.3, -0.25) is 4.79 Å². The summed E-state index contributed by atoms with van der Waals surface area (Å²) in [4.78, 5) is 12.4. The summed E-state index contributed by atoms with van der Waals surface area (Å²) in [6.45, 7) is 5.89. The van der Waals surface area contributed by atoms with E-state index in [0.717, 1.165) is 5.56 Å². The van der Waals surface area contributed by atoms with E-state index < -0.39 is 10.0 Å². The summed E-state index contributed by atoms with van der Waals surface area (Å²) in [6, 6.07) is 16.3. The van der Waals surface area contributed by atoms with Gasteiger partial charge in [0.2, 0.25) is 5.91 Å². The second-order valence-corrected chi connectivity index (χ2v) is 9.66. The van der Waals surface area contributed by atoms with Crippen molar-refractivity contribution in [1.29, 1.82) is 0 Å². The zero-order valence-electron chi connectivity index (χ0n) is 17.8. The fraction of sp³-hybridized carbons (Fsp3) is 0.261. The van der Waals surface area contributed by atoms with Gasteiger partial charge in [-0.2, -0.15) is 13.5 Å². The van der Waals surface area contributed by atoms with Crippen molar-refractivity contribution in [2.24, 2.45) is 9.50 Å². The van der Waals surface area contributed by atoms with E-state index in [-0.39, 0.29) is 35.1 Å². The summed E-state index contributed by atoms with van der Waals surface area (Å²) in [5, 5.41) is 8.76. The molecule has 0 aliphatic carbocycles. The summed E-state index contributed by atoms with van der Waals surface area (Å²) in [7, 11) is -3.79. The monoisotopic (exact) mass is 438 g/mol. The van der Waals surface area contributed by atoms with E-state index in [0.29, 0.717) is 5.56 Å². The van der Waals surface area contributed by atoms with Gasteiger partial charge in [0, 0.05) is 23.7 Å². The molecule has 0 fully saturated rings. The van der Waals surface area contributed by atoms with E-state index in [2.05, 4.69) is 14.8 Å². The Morgan fingerprint density at radius 2 is 1.77 bits per heavy atom. The Labute approximate surface area is 183 Å². The normalized spacial score (nSPS) is 15.1. The first-order chi connectivity index (χ1) is 14.7. The van der Waals surface area contributed by atoms with Crippen molar-refractivity contribution in [3.8, 4) is 0 Å². The second kappa shape index (κ2) is 9.26. The maximum absolute atomic E-state index is 12.4. The Hall–Kier alpha value is -3.26. The van der Waals surface area contributed by atoms with Gasteiger partial charge >= 0.3 is 0 Å². The van der Waals surface area contributed by atoms with Gasteiger partial charge in [0.15, 0.2) is 5.84 Å². The Morgan fingerprint density at radius 1 is 1.10 bits per heavy atom. The molecule has 1 N–H and O–H groups in total. The number of amides is 1. The smallest absolute Gasteiger partial charge is 0.285 e. The number of allylic oxidation sites excluding steroid dienone is 1. The van der Waals surface area contributed by atoms with Crippen LogP contribution in [0.1, 0.15) is 38.3 Å². The van der Waals surface area contributed by atoms with Crippen LogP contribution < -0.4 is 5.32 Å². The van der Waals surface area contributed by atoms with Gasteiger partial charge < -0.3 is 5.32 Å². The summed E-state index contributed by atoms with van der Waals surface area (Å²) >= 11 is 0. The third-order valence-electron chi connectivity index (χ3n) is 4.30.